The number of carboxylic acids is 1. The SMILES string of the molecule is CSCCC(NC(N)=O)C(=O)NC1CCCC(C(=O)O)C1. The summed E-state index contributed by atoms with van der Waals surface area (Å²) in [5.74, 6) is -0.791. The van der Waals surface area contributed by atoms with Crippen LogP contribution in [0.4, 0.5) is 4.79 Å². The molecule has 0 aromatic rings. The van der Waals surface area contributed by atoms with Gasteiger partial charge in [0.15, 0.2) is 0 Å². The van der Waals surface area contributed by atoms with Gasteiger partial charge in [-0.25, -0.2) is 4.79 Å². The highest BCUT2D eigenvalue weighted by Crippen LogP contribution is 2.24. The van der Waals surface area contributed by atoms with Gasteiger partial charge in [-0.3, -0.25) is 9.59 Å². The molecule has 1 fully saturated rings. The van der Waals surface area contributed by atoms with Gasteiger partial charge < -0.3 is 21.5 Å². The van der Waals surface area contributed by atoms with Crippen LogP contribution in [-0.4, -0.2) is 47.1 Å². The van der Waals surface area contributed by atoms with Crippen LogP contribution < -0.4 is 16.4 Å². The maximum atomic E-state index is 12.2. The zero-order chi connectivity index (χ0) is 15.8. The lowest BCUT2D eigenvalue weighted by Gasteiger charge is -2.29. The van der Waals surface area contributed by atoms with Gasteiger partial charge in [-0.05, 0) is 37.7 Å². The van der Waals surface area contributed by atoms with Crippen LogP contribution in [0.2, 0.25) is 0 Å². The van der Waals surface area contributed by atoms with Crippen molar-refractivity contribution in [2.24, 2.45) is 11.7 Å². The van der Waals surface area contributed by atoms with Gasteiger partial charge in [0.05, 0.1) is 5.92 Å². The summed E-state index contributed by atoms with van der Waals surface area (Å²) in [6.07, 6.45) is 5.04. The molecule has 0 aliphatic heterocycles. The molecule has 7 nitrogen and oxygen atoms in total. The molecule has 1 rings (SSSR count). The third-order valence-corrected chi connectivity index (χ3v) is 4.26. The first kappa shape index (κ1) is 17.6. The van der Waals surface area contributed by atoms with Crippen molar-refractivity contribution in [2.75, 3.05) is 12.0 Å². The normalized spacial score (nSPS) is 23.1. The summed E-state index contributed by atoms with van der Waals surface area (Å²) in [6.45, 7) is 0. The number of urea groups is 1. The molecule has 8 heteroatoms. The summed E-state index contributed by atoms with van der Waals surface area (Å²) >= 11 is 1.57. The van der Waals surface area contributed by atoms with E-state index in [1.165, 1.54) is 0 Å². The van der Waals surface area contributed by atoms with Gasteiger partial charge in [0.2, 0.25) is 5.91 Å². The van der Waals surface area contributed by atoms with Crippen molar-refractivity contribution in [1.29, 1.82) is 0 Å². The Balaban J connectivity index is 2.54. The number of nitrogens with one attached hydrogen (secondary N) is 2. The number of thioether (sulfide) groups is 1. The predicted octanol–water partition coefficient (Wildman–Crippen LogP) is 0.536. The first-order valence-corrected chi connectivity index (χ1v) is 8.41. The molecule has 0 spiro atoms. The number of primary amides is 1. The van der Waals surface area contributed by atoms with Crippen LogP contribution >= 0.6 is 11.8 Å². The number of carboxylic acid groups (broad SMARTS) is 1. The molecule has 3 amide bonds. The molecule has 0 radical (unpaired) electrons. The van der Waals surface area contributed by atoms with E-state index < -0.39 is 24.0 Å². The number of aliphatic carboxylic acids is 1. The van der Waals surface area contributed by atoms with Crippen LogP contribution in [0.5, 0.6) is 0 Å². The van der Waals surface area contributed by atoms with E-state index in [4.69, 9.17) is 10.8 Å². The quantitative estimate of drug-likeness (QED) is 0.546. The lowest BCUT2D eigenvalue weighted by atomic mass is 9.85. The molecular weight excluding hydrogens is 294 g/mol. The van der Waals surface area contributed by atoms with Crippen LogP contribution in [0.25, 0.3) is 0 Å². The molecule has 21 heavy (non-hydrogen) atoms. The molecule has 0 saturated heterocycles. The van der Waals surface area contributed by atoms with E-state index >= 15 is 0 Å². The summed E-state index contributed by atoms with van der Waals surface area (Å²) in [4.78, 5) is 34.2. The predicted molar refractivity (Wildman–Crippen MR) is 81.0 cm³/mol. The number of amides is 3. The lowest BCUT2D eigenvalue weighted by molar-refractivity contribution is -0.143. The van der Waals surface area contributed by atoms with Crippen molar-refractivity contribution in [3.63, 3.8) is 0 Å². The maximum absolute atomic E-state index is 12.2. The third kappa shape index (κ3) is 6.24. The van der Waals surface area contributed by atoms with Crippen LogP contribution in [0.1, 0.15) is 32.1 Å². The van der Waals surface area contributed by atoms with Gasteiger partial charge in [-0.15, -0.1) is 0 Å². The van der Waals surface area contributed by atoms with Crippen molar-refractivity contribution in [2.45, 2.75) is 44.2 Å². The Hall–Kier alpha value is -1.44. The first-order chi connectivity index (χ1) is 9.93. The van der Waals surface area contributed by atoms with Gasteiger partial charge in [-0.2, -0.15) is 11.8 Å². The molecule has 1 aliphatic carbocycles. The average Bonchev–Trinajstić information content (AvgIpc) is 2.43. The Kier molecular flexibility index (Phi) is 7.35. The fourth-order valence-electron chi connectivity index (χ4n) is 2.52. The smallest absolute Gasteiger partial charge is 0.312 e. The summed E-state index contributed by atoms with van der Waals surface area (Å²) in [7, 11) is 0. The van der Waals surface area contributed by atoms with E-state index in [-0.39, 0.29) is 11.9 Å². The molecule has 0 aromatic heterocycles. The van der Waals surface area contributed by atoms with Gasteiger partial charge >= 0.3 is 12.0 Å². The Morgan fingerprint density at radius 1 is 1.38 bits per heavy atom. The van der Waals surface area contributed by atoms with Gasteiger partial charge in [0, 0.05) is 6.04 Å². The number of rotatable bonds is 7. The number of nitrogens with two attached hydrogens (primary N) is 1. The Morgan fingerprint density at radius 3 is 2.67 bits per heavy atom. The Bertz CT molecular complexity index is 392. The fraction of sp³-hybridized carbons (Fsp3) is 0.769. The van der Waals surface area contributed by atoms with E-state index in [9.17, 15) is 14.4 Å². The largest absolute Gasteiger partial charge is 0.481 e. The zero-order valence-corrected chi connectivity index (χ0v) is 12.9. The molecule has 3 unspecified atom stereocenters. The van der Waals surface area contributed by atoms with Gasteiger partial charge in [0.1, 0.15) is 6.04 Å². The summed E-state index contributed by atoms with van der Waals surface area (Å²) in [5, 5.41) is 14.3. The van der Waals surface area contributed by atoms with E-state index in [0.29, 0.717) is 19.3 Å². The summed E-state index contributed by atoms with van der Waals surface area (Å²) < 4.78 is 0. The van der Waals surface area contributed by atoms with Crippen LogP contribution in [-0.2, 0) is 9.59 Å². The molecule has 0 heterocycles. The number of carbonyl (C=O) groups excluding carboxylic acids is 2. The Morgan fingerprint density at radius 2 is 2.10 bits per heavy atom. The van der Waals surface area contributed by atoms with Crippen molar-refractivity contribution in [3.8, 4) is 0 Å². The topological polar surface area (TPSA) is 122 Å². The first-order valence-electron chi connectivity index (χ1n) is 7.02. The van der Waals surface area contributed by atoms with Crippen LogP contribution in [0, 0.1) is 5.92 Å². The summed E-state index contributed by atoms with van der Waals surface area (Å²) in [6, 6.07) is -1.55. The van der Waals surface area contributed by atoms with Crippen molar-refractivity contribution >= 4 is 29.7 Å². The van der Waals surface area contributed by atoms with Crippen LogP contribution in [0.15, 0.2) is 0 Å². The standard InChI is InChI=1S/C13H23N3O4S/c1-21-6-5-10(16-13(14)20)11(17)15-9-4-2-3-8(7-9)12(18)19/h8-10H,2-7H2,1H3,(H,15,17)(H,18,19)(H3,14,16,20). The molecule has 3 atom stereocenters. The minimum absolute atomic E-state index is 0.154. The second-order valence-electron chi connectivity index (χ2n) is 5.25. The fourth-order valence-corrected chi connectivity index (χ4v) is 2.99. The summed E-state index contributed by atoms with van der Waals surface area (Å²) in [5.41, 5.74) is 5.08. The van der Waals surface area contributed by atoms with E-state index in [0.717, 1.165) is 18.6 Å². The molecule has 5 N–H and O–H groups in total. The van der Waals surface area contributed by atoms with Crippen molar-refractivity contribution in [3.05, 3.63) is 0 Å². The van der Waals surface area contributed by atoms with Gasteiger partial charge in [-0.1, -0.05) is 6.42 Å². The second kappa shape index (κ2) is 8.76. The van der Waals surface area contributed by atoms with E-state index in [1.807, 2.05) is 6.26 Å². The van der Waals surface area contributed by atoms with Crippen molar-refractivity contribution < 1.29 is 19.5 Å². The molecule has 1 aliphatic rings. The average molecular weight is 317 g/mol. The van der Waals surface area contributed by atoms with E-state index in [1.54, 1.807) is 11.8 Å². The maximum Gasteiger partial charge on any atom is 0.312 e. The lowest BCUT2D eigenvalue weighted by Crippen LogP contribution is -2.52. The third-order valence-electron chi connectivity index (χ3n) is 3.61. The molecule has 1 saturated carbocycles. The monoisotopic (exact) mass is 317 g/mol. The minimum Gasteiger partial charge on any atom is -0.481 e. The number of hydrogen-bond donors (Lipinski definition) is 4. The number of carbonyl (C=O) groups is 3. The highest BCUT2D eigenvalue weighted by Gasteiger charge is 2.29. The van der Waals surface area contributed by atoms with E-state index in [2.05, 4.69) is 10.6 Å². The highest BCUT2D eigenvalue weighted by atomic mass is 32.2. The number of hydrogen-bond acceptors (Lipinski definition) is 4. The Labute approximate surface area is 128 Å². The second-order valence-corrected chi connectivity index (χ2v) is 6.24. The zero-order valence-electron chi connectivity index (χ0n) is 12.1. The molecular formula is C13H23N3O4S. The van der Waals surface area contributed by atoms with Crippen LogP contribution in [0.3, 0.4) is 0 Å². The van der Waals surface area contributed by atoms with Crippen molar-refractivity contribution in [1.82, 2.24) is 10.6 Å². The molecule has 0 aromatic carbocycles. The highest BCUT2D eigenvalue weighted by molar-refractivity contribution is 7.98. The molecule has 120 valence electrons. The molecule has 0 bridgehead atoms. The van der Waals surface area contributed by atoms with Gasteiger partial charge in [0.25, 0.3) is 0 Å². The minimum atomic E-state index is -0.817.